The quantitative estimate of drug-likeness (QED) is 0.201. The lowest BCUT2D eigenvalue weighted by Gasteiger charge is -2.12. The Morgan fingerprint density at radius 2 is 1.76 bits per heavy atom. The van der Waals surface area contributed by atoms with Gasteiger partial charge in [-0.25, -0.2) is 4.39 Å². The molecule has 170 valence electrons. The summed E-state index contributed by atoms with van der Waals surface area (Å²) in [5.74, 6) is 0.113. The monoisotopic (exact) mass is 460 g/mol. The molecule has 0 aromatic heterocycles. The van der Waals surface area contributed by atoms with Crippen LogP contribution >= 0.6 is 0 Å². The van der Waals surface area contributed by atoms with Crippen molar-refractivity contribution in [2.75, 3.05) is 5.43 Å². The highest BCUT2D eigenvalue weighted by molar-refractivity contribution is 6.02. The molecule has 0 saturated heterocycles. The number of hydrogen-bond acceptors (Lipinski definition) is 7. The molecule has 9 nitrogen and oxygen atoms in total. The number of fused-ring (bicyclic) bond motifs is 1. The molecule has 0 saturated carbocycles. The highest BCUT2D eigenvalue weighted by Crippen LogP contribution is 2.30. The van der Waals surface area contributed by atoms with E-state index < -0.39 is 21.2 Å². The first kappa shape index (κ1) is 22.3. The number of hydrogen-bond donors (Lipinski definition) is 1. The molecule has 0 atom stereocenters. The number of benzene rings is 4. The average Bonchev–Trinajstić information content (AvgIpc) is 2.83. The maximum absolute atomic E-state index is 13.5. The molecule has 4 aromatic carbocycles. The van der Waals surface area contributed by atoms with Gasteiger partial charge in [0.2, 0.25) is 0 Å². The van der Waals surface area contributed by atoms with Gasteiger partial charge in [0.15, 0.2) is 0 Å². The number of rotatable bonds is 8. The van der Waals surface area contributed by atoms with E-state index in [4.69, 9.17) is 4.74 Å². The molecule has 4 rings (SSSR count). The van der Waals surface area contributed by atoms with Gasteiger partial charge in [-0.05, 0) is 40.6 Å². The van der Waals surface area contributed by atoms with Crippen molar-refractivity contribution in [1.82, 2.24) is 0 Å². The minimum absolute atomic E-state index is 0.00526. The van der Waals surface area contributed by atoms with E-state index in [1.807, 2.05) is 30.3 Å². The molecule has 0 aliphatic heterocycles. The molecule has 10 heteroatoms. The van der Waals surface area contributed by atoms with Crippen LogP contribution in [0.4, 0.5) is 21.5 Å². The van der Waals surface area contributed by atoms with E-state index in [0.29, 0.717) is 16.9 Å². The molecule has 0 radical (unpaired) electrons. The van der Waals surface area contributed by atoms with Crippen LogP contribution < -0.4 is 10.2 Å². The van der Waals surface area contributed by atoms with E-state index in [1.165, 1.54) is 24.4 Å². The average molecular weight is 460 g/mol. The van der Waals surface area contributed by atoms with Gasteiger partial charge in [0.1, 0.15) is 23.9 Å². The Balaban J connectivity index is 1.64. The van der Waals surface area contributed by atoms with Gasteiger partial charge in [-0.15, -0.1) is 0 Å². The van der Waals surface area contributed by atoms with Crippen LogP contribution in [0, 0.1) is 26.0 Å². The summed E-state index contributed by atoms with van der Waals surface area (Å²) in [6, 6.07) is 20.5. The summed E-state index contributed by atoms with van der Waals surface area (Å²) in [5, 5.41) is 28.1. The Kier molecular flexibility index (Phi) is 6.40. The lowest BCUT2D eigenvalue weighted by Crippen LogP contribution is -2.01. The van der Waals surface area contributed by atoms with Crippen molar-refractivity contribution >= 4 is 34.0 Å². The number of ether oxygens (including phenoxy) is 1. The van der Waals surface area contributed by atoms with E-state index in [0.717, 1.165) is 22.9 Å². The Labute approximate surface area is 192 Å². The van der Waals surface area contributed by atoms with Gasteiger partial charge in [-0.1, -0.05) is 42.5 Å². The highest BCUT2D eigenvalue weighted by Gasteiger charge is 2.19. The molecular weight excluding hydrogens is 443 g/mol. The van der Waals surface area contributed by atoms with Crippen molar-refractivity contribution in [2.45, 2.75) is 6.61 Å². The zero-order chi connectivity index (χ0) is 24.1. The van der Waals surface area contributed by atoms with Crippen LogP contribution in [-0.2, 0) is 6.61 Å². The molecule has 0 unspecified atom stereocenters. The molecule has 0 aliphatic carbocycles. The minimum atomic E-state index is -0.726. The van der Waals surface area contributed by atoms with E-state index in [-0.39, 0.29) is 18.1 Å². The number of hydrazone groups is 1. The second-order valence-corrected chi connectivity index (χ2v) is 7.20. The second kappa shape index (κ2) is 9.74. The SMILES string of the molecule is O=[N+]([O-])c1ccc(N/N=C/c2c(OCc3cccc(F)c3)ccc3ccccc23)c([N+](=O)[O-])c1. The van der Waals surface area contributed by atoms with Crippen molar-refractivity contribution in [1.29, 1.82) is 0 Å². The maximum Gasteiger partial charge on any atom is 0.301 e. The first-order valence-corrected chi connectivity index (χ1v) is 10.0. The van der Waals surface area contributed by atoms with Crippen molar-refractivity contribution in [3.63, 3.8) is 0 Å². The van der Waals surface area contributed by atoms with Crippen molar-refractivity contribution < 1.29 is 19.0 Å². The predicted molar refractivity (Wildman–Crippen MR) is 126 cm³/mol. The summed E-state index contributed by atoms with van der Waals surface area (Å²) >= 11 is 0. The summed E-state index contributed by atoms with van der Waals surface area (Å²) in [7, 11) is 0. The van der Waals surface area contributed by atoms with Crippen molar-refractivity contribution in [3.05, 3.63) is 116 Å². The van der Waals surface area contributed by atoms with Gasteiger partial charge in [0.25, 0.3) is 5.69 Å². The molecule has 1 N–H and O–H groups in total. The van der Waals surface area contributed by atoms with Crippen LogP contribution in [0.3, 0.4) is 0 Å². The largest absolute Gasteiger partial charge is 0.488 e. The first-order valence-electron chi connectivity index (χ1n) is 10.0. The predicted octanol–water partition coefficient (Wildman–Crippen LogP) is 5.82. The minimum Gasteiger partial charge on any atom is -0.488 e. The van der Waals surface area contributed by atoms with Gasteiger partial charge in [-0.2, -0.15) is 5.10 Å². The Hall–Kier alpha value is -4.86. The summed E-state index contributed by atoms with van der Waals surface area (Å²) in [4.78, 5) is 20.8. The van der Waals surface area contributed by atoms with Crippen LogP contribution in [-0.4, -0.2) is 16.1 Å². The molecule has 34 heavy (non-hydrogen) atoms. The summed E-state index contributed by atoms with van der Waals surface area (Å²) in [6.45, 7) is 0.123. The fraction of sp³-hybridized carbons (Fsp3) is 0.0417. The third kappa shape index (κ3) is 4.96. The Morgan fingerprint density at radius 1 is 0.941 bits per heavy atom. The van der Waals surface area contributed by atoms with Gasteiger partial charge < -0.3 is 4.74 Å². The lowest BCUT2D eigenvalue weighted by molar-refractivity contribution is -0.393. The van der Waals surface area contributed by atoms with E-state index in [9.17, 15) is 24.6 Å². The Bertz CT molecular complexity index is 1420. The van der Waals surface area contributed by atoms with E-state index in [1.54, 1.807) is 18.2 Å². The van der Waals surface area contributed by atoms with E-state index >= 15 is 0 Å². The fourth-order valence-corrected chi connectivity index (χ4v) is 3.37. The summed E-state index contributed by atoms with van der Waals surface area (Å²) in [6.07, 6.45) is 1.45. The van der Waals surface area contributed by atoms with E-state index in [2.05, 4.69) is 10.5 Å². The van der Waals surface area contributed by atoms with Crippen molar-refractivity contribution in [2.24, 2.45) is 5.10 Å². The van der Waals surface area contributed by atoms with Gasteiger partial charge >= 0.3 is 5.69 Å². The van der Waals surface area contributed by atoms with Gasteiger partial charge in [0, 0.05) is 11.6 Å². The third-order valence-corrected chi connectivity index (χ3v) is 4.98. The summed E-state index contributed by atoms with van der Waals surface area (Å²) in [5.41, 5.74) is 2.95. The number of halogens is 1. The fourth-order valence-electron chi connectivity index (χ4n) is 3.37. The van der Waals surface area contributed by atoms with Crippen LogP contribution in [0.5, 0.6) is 5.75 Å². The third-order valence-electron chi connectivity index (χ3n) is 4.98. The zero-order valence-corrected chi connectivity index (χ0v) is 17.6. The molecule has 0 aliphatic rings. The smallest absolute Gasteiger partial charge is 0.301 e. The molecule has 4 aromatic rings. The molecule has 0 spiro atoms. The van der Waals surface area contributed by atoms with Crippen LogP contribution in [0.15, 0.2) is 84.0 Å². The van der Waals surface area contributed by atoms with Crippen LogP contribution in [0.1, 0.15) is 11.1 Å². The molecule has 0 bridgehead atoms. The second-order valence-electron chi connectivity index (χ2n) is 7.20. The first-order chi connectivity index (χ1) is 16.4. The number of nitrogens with one attached hydrogen (secondary N) is 1. The molecule has 0 heterocycles. The lowest BCUT2D eigenvalue weighted by atomic mass is 10.0. The van der Waals surface area contributed by atoms with Crippen LogP contribution in [0.25, 0.3) is 10.8 Å². The number of non-ortho nitro benzene ring substituents is 1. The topological polar surface area (TPSA) is 120 Å². The normalized spacial score (nSPS) is 11.0. The number of nitrogens with zero attached hydrogens (tertiary/aromatic N) is 3. The van der Waals surface area contributed by atoms with Crippen molar-refractivity contribution in [3.8, 4) is 5.75 Å². The maximum atomic E-state index is 13.5. The number of anilines is 1. The highest BCUT2D eigenvalue weighted by atomic mass is 19.1. The van der Waals surface area contributed by atoms with Gasteiger partial charge in [0.05, 0.1) is 22.1 Å². The molecule has 0 amide bonds. The van der Waals surface area contributed by atoms with Gasteiger partial charge in [-0.3, -0.25) is 25.7 Å². The number of nitro groups is 2. The molecule has 0 fully saturated rings. The standard InChI is InChI=1S/C24H17FN4O5/c25-18-6-3-4-16(12-18)15-34-24-11-8-17-5-1-2-7-20(17)21(24)14-26-27-22-10-9-19(28(30)31)13-23(22)29(32)33/h1-14,27H,15H2/b26-14+. The number of nitro benzene ring substituents is 2. The molecular formula is C24H17FN4O5. The van der Waals surface area contributed by atoms with Crippen LogP contribution in [0.2, 0.25) is 0 Å². The zero-order valence-electron chi connectivity index (χ0n) is 17.6. The Morgan fingerprint density at radius 3 is 2.53 bits per heavy atom. The summed E-state index contributed by atoms with van der Waals surface area (Å²) < 4.78 is 19.4.